The first kappa shape index (κ1) is 14.5. The van der Waals surface area contributed by atoms with E-state index in [0.29, 0.717) is 6.42 Å². The molecule has 0 aromatic carbocycles. The molecule has 0 saturated heterocycles. The van der Waals surface area contributed by atoms with Crippen molar-refractivity contribution in [3.63, 3.8) is 0 Å². The van der Waals surface area contributed by atoms with Crippen LogP contribution in [0, 0.1) is 0 Å². The van der Waals surface area contributed by atoms with Gasteiger partial charge in [-0.15, -0.1) is 0 Å². The Bertz CT molecular complexity index is 154. The van der Waals surface area contributed by atoms with E-state index in [1.807, 2.05) is 6.92 Å². The summed E-state index contributed by atoms with van der Waals surface area (Å²) < 4.78 is 0. The maximum absolute atomic E-state index is 9.91. The number of aliphatic hydroxyl groups excluding tert-OH is 1. The summed E-state index contributed by atoms with van der Waals surface area (Å²) >= 11 is 0. The van der Waals surface area contributed by atoms with Gasteiger partial charge in [-0.05, 0) is 12.5 Å². The SMILES string of the molecule is CCCCC(O)=CCC(=O)[O-].[Na+]. The van der Waals surface area contributed by atoms with Crippen molar-refractivity contribution in [2.24, 2.45) is 0 Å². The number of rotatable bonds is 5. The third-order valence-corrected chi connectivity index (χ3v) is 1.29. The molecule has 0 spiro atoms. The number of aliphatic hydroxyl groups is 1. The van der Waals surface area contributed by atoms with Crippen LogP contribution in [-0.2, 0) is 4.79 Å². The van der Waals surface area contributed by atoms with E-state index in [4.69, 9.17) is 5.11 Å². The summed E-state index contributed by atoms with van der Waals surface area (Å²) in [6.07, 6.45) is 3.52. The van der Waals surface area contributed by atoms with Crippen molar-refractivity contribution in [3.05, 3.63) is 11.8 Å². The van der Waals surface area contributed by atoms with Crippen LogP contribution in [0.2, 0.25) is 0 Å². The summed E-state index contributed by atoms with van der Waals surface area (Å²) in [7, 11) is 0. The van der Waals surface area contributed by atoms with Crippen molar-refractivity contribution in [1.29, 1.82) is 0 Å². The quantitative estimate of drug-likeness (QED) is 0.384. The molecule has 0 aromatic rings. The van der Waals surface area contributed by atoms with E-state index in [1.165, 1.54) is 6.08 Å². The van der Waals surface area contributed by atoms with Crippen LogP contribution in [0.15, 0.2) is 11.8 Å². The molecule has 4 heteroatoms. The van der Waals surface area contributed by atoms with Crippen LogP contribution in [-0.4, -0.2) is 11.1 Å². The molecular formula is C8H13NaO3. The topological polar surface area (TPSA) is 60.4 Å². The molecule has 0 fully saturated rings. The normalized spacial score (nSPS) is 10.6. The van der Waals surface area contributed by atoms with Gasteiger partial charge in [-0.1, -0.05) is 13.3 Å². The van der Waals surface area contributed by atoms with Crippen molar-refractivity contribution in [3.8, 4) is 0 Å². The minimum atomic E-state index is -1.16. The van der Waals surface area contributed by atoms with Crippen LogP contribution in [0.5, 0.6) is 0 Å². The average Bonchev–Trinajstić information content (AvgIpc) is 1.97. The molecule has 0 rings (SSSR count). The van der Waals surface area contributed by atoms with E-state index < -0.39 is 5.97 Å². The average molecular weight is 180 g/mol. The van der Waals surface area contributed by atoms with Crippen molar-refractivity contribution < 1.29 is 44.6 Å². The van der Waals surface area contributed by atoms with Gasteiger partial charge >= 0.3 is 29.6 Å². The first-order valence-electron chi connectivity index (χ1n) is 3.74. The van der Waals surface area contributed by atoms with Crippen LogP contribution >= 0.6 is 0 Å². The summed E-state index contributed by atoms with van der Waals surface area (Å²) in [6, 6.07) is 0. The maximum atomic E-state index is 9.91. The second kappa shape index (κ2) is 9.10. The van der Waals surface area contributed by atoms with Crippen molar-refractivity contribution >= 4 is 5.97 Å². The zero-order chi connectivity index (χ0) is 8.69. The van der Waals surface area contributed by atoms with Gasteiger partial charge in [0, 0.05) is 18.8 Å². The predicted octanol–water partition coefficient (Wildman–Crippen LogP) is -2.24. The smallest absolute Gasteiger partial charge is 0.550 e. The standard InChI is InChI=1S/C8H14O3.Na/c1-2-3-4-7(9)5-6-8(10)11;/h5,9H,2-4,6H2,1H3,(H,10,11);/q;+1/p-1. The number of hydrogen-bond acceptors (Lipinski definition) is 3. The Morgan fingerprint density at radius 1 is 1.58 bits per heavy atom. The summed E-state index contributed by atoms with van der Waals surface area (Å²) in [5, 5.41) is 18.9. The van der Waals surface area contributed by atoms with E-state index >= 15 is 0 Å². The predicted molar refractivity (Wildman–Crippen MR) is 39.9 cm³/mol. The second-order valence-corrected chi connectivity index (χ2v) is 2.38. The molecule has 0 aliphatic carbocycles. The van der Waals surface area contributed by atoms with Crippen LogP contribution in [0.1, 0.15) is 32.6 Å². The van der Waals surface area contributed by atoms with E-state index in [2.05, 4.69) is 0 Å². The Labute approximate surface area is 94.8 Å². The van der Waals surface area contributed by atoms with Crippen molar-refractivity contribution in [2.75, 3.05) is 0 Å². The summed E-state index contributed by atoms with van der Waals surface area (Å²) in [6.45, 7) is 2.01. The van der Waals surface area contributed by atoms with Gasteiger partial charge in [-0.25, -0.2) is 0 Å². The minimum absolute atomic E-state index is 0. The Kier molecular flexibility index (Phi) is 11.0. The first-order chi connectivity index (χ1) is 5.16. The molecule has 0 radical (unpaired) electrons. The fraction of sp³-hybridized carbons (Fsp3) is 0.625. The molecule has 0 bridgehead atoms. The maximum Gasteiger partial charge on any atom is 1.00 e. The Hall–Kier alpha value is 0.0100. The molecule has 3 nitrogen and oxygen atoms in total. The number of aliphatic carboxylic acids is 1. The largest absolute Gasteiger partial charge is 1.00 e. The Morgan fingerprint density at radius 2 is 2.17 bits per heavy atom. The molecule has 0 aliphatic heterocycles. The number of carbonyl (C=O) groups excluding carboxylic acids is 1. The Morgan fingerprint density at radius 3 is 2.58 bits per heavy atom. The minimum Gasteiger partial charge on any atom is -0.550 e. The molecular weight excluding hydrogens is 167 g/mol. The molecule has 0 atom stereocenters. The van der Waals surface area contributed by atoms with Crippen molar-refractivity contribution in [2.45, 2.75) is 32.6 Å². The van der Waals surface area contributed by atoms with Gasteiger partial charge in [-0.3, -0.25) is 0 Å². The summed E-state index contributed by atoms with van der Waals surface area (Å²) in [4.78, 5) is 9.91. The van der Waals surface area contributed by atoms with Gasteiger partial charge in [0.25, 0.3) is 0 Å². The fourth-order valence-corrected chi connectivity index (χ4v) is 0.661. The molecule has 0 unspecified atom stereocenters. The number of carboxylic acid groups (broad SMARTS) is 1. The first-order valence-corrected chi connectivity index (χ1v) is 3.74. The van der Waals surface area contributed by atoms with Gasteiger partial charge in [-0.2, -0.15) is 0 Å². The van der Waals surface area contributed by atoms with E-state index in [-0.39, 0.29) is 41.7 Å². The fourth-order valence-electron chi connectivity index (χ4n) is 0.661. The van der Waals surface area contributed by atoms with Gasteiger partial charge in [0.1, 0.15) is 0 Å². The van der Waals surface area contributed by atoms with Crippen LogP contribution in [0.4, 0.5) is 0 Å². The van der Waals surface area contributed by atoms with Gasteiger partial charge < -0.3 is 15.0 Å². The van der Waals surface area contributed by atoms with Gasteiger partial charge in [0.15, 0.2) is 0 Å². The number of allylic oxidation sites excluding steroid dienone is 1. The molecule has 1 N–H and O–H groups in total. The molecule has 0 amide bonds. The third kappa shape index (κ3) is 10.0. The third-order valence-electron chi connectivity index (χ3n) is 1.29. The van der Waals surface area contributed by atoms with Crippen LogP contribution < -0.4 is 34.7 Å². The summed E-state index contributed by atoms with van der Waals surface area (Å²) in [5.41, 5.74) is 0. The zero-order valence-electron chi connectivity index (χ0n) is 7.67. The van der Waals surface area contributed by atoms with Gasteiger partial charge in [0.05, 0.1) is 5.76 Å². The van der Waals surface area contributed by atoms with E-state index in [1.54, 1.807) is 0 Å². The van der Waals surface area contributed by atoms with Crippen LogP contribution in [0.3, 0.4) is 0 Å². The molecule has 0 aromatic heterocycles. The molecule has 0 aliphatic rings. The molecule has 12 heavy (non-hydrogen) atoms. The monoisotopic (exact) mass is 180 g/mol. The number of unbranched alkanes of at least 4 members (excludes halogenated alkanes) is 1. The van der Waals surface area contributed by atoms with Gasteiger partial charge in [0.2, 0.25) is 0 Å². The number of carbonyl (C=O) groups is 1. The Balaban J connectivity index is 0. The summed E-state index contributed by atoms with van der Waals surface area (Å²) in [5.74, 6) is -1.01. The van der Waals surface area contributed by atoms with Crippen molar-refractivity contribution in [1.82, 2.24) is 0 Å². The molecule has 64 valence electrons. The second-order valence-electron chi connectivity index (χ2n) is 2.38. The zero-order valence-corrected chi connectivity index (χ0v) is 9.67. The molecule has 0 saturated carbocycles. The molecule has 0 heterocycles. The van der Waals surface area contributed by atoms with E-state index in [9.17, 15) is 9.90 Å². The van der Waals surface area contributed by atoms with E-state index in [0.717, 1.165) is 12.8 Å². The number of carboxylic acids is 1. The number of hydrogen-bond donors (Lipinski definition) is 1. The van der Waals surface area contributed by atoms with Crippen LogP contribution in [0.25, 0.3) is 0 Å².